The highest BCUT2D eigenvalue weighted by molar-refractivity contribution is 6.04. The summed E-state index contributed by atoms with van der Waals surface area (Å²) in [7, 11) is 1.55. The van der Waals surface area contributed by atoms with Crippen LogP contribution in [0.2, 0.25) is 0 Å². The summed E-state index contributed by atoms with van der Waals surface area (Å²) >= 11 is 0. The lowest BCUT2D eigenvalue weighted by atomic mass is 10.1. The molecule has 10 heteroatoms. The number of carbonyl (C=O) groups is 2. The number of nitrogens with one attached hydrogen (secondary N) is 2. The van der Waals surface area contributed by atoms with E-state index in [1.807, 2.05) is 18.2 Å². The molecule has 2 aromatic carbocycles. The molecule has 0 saturated carbocycles. The van der Waals surface area contributed by atoms with Gasteiger partial charge in [0.25, 0.3) is 0 Å². The molecule has 0 saturated heterocycles. The van der Waals surface area contributed by atoms with Crippen LogP contribution >= 0.6 is 0 Å². The van der Waals surface area contributed by atoms with Crippen molar-refractivity contribution in [2.45, 2.75) is 13.1 Å². The van der Waals surface area contributed by atoms with Crippen LogP contribution in [-0.2, 0) is 15.8 Å². The Morgan fingerprint density at radius 3 is 2.52 bits per heavy atom. The summed E-state index contributed by atoms with van der Waals surface area (Å²) in [5.74, 6) is -0.537. The SMILES string of the molecule is CC(=O)N(C)CC(=O)Nc1c[nH]c2ccc(-c3cnn(-c4ccc(C(F)(F)F)cc4)c3)cc12. The summed E-state index contributed by atoms with van der Waals surface area (Å²) in [4.78, 5) is 28.0. The zero-order chi connectivity index (χ0) is 23.8. The van der Waals surface area contributed by atoms with Gasteiger partial charge in [-0.25, -0.2) is 4.68 Å². The lowest BCUT2D eigenvalue weighted by Crippen LogP contribution is -2.33. The Morgan fingerprint density at radius 2 is 1.85 bits per heavy atom. The van der Waals surface area contributed by atoms with E-state index >= 15 is 0 Å². The highest BCUT2D eigenvalue weighted by Crippen LogP contribution is 2.31. The van der Waals surface area contributed by atoms with Gasteiger partial charge in [-0.05, 0) is 42.0 Å². The molecule has 170 valence electrons. The molecule has 0 aliphatic carbocycles. The van der Waals surface area contributed by atoms with E-state index in [2.05, 4.69) is 15.4 Å². The van der Waals surface area contributed by atoms with Crippen molar-refractivity contribution in [1.82, 2.24) is 19.7 Å². The molecular formula is C23H20F3N5O2. The van der Waals surface area contributed by atoms with Gasteiger partial charge in [0.2, 0.25) is 11.8 Å². The number of rotatable bonds is 5. The number of amides is 2. The Bertz CT molecular complexity index is 1320. The van der Waals surface area contributed by atoms with Crippen LogP contribution in [0.25, 0.3) is 27.7 Å². The van der Waals surface area contributed by atoms with Crippen LogP contribution in [0, 0.1) is 0 Å². The average molecular weight is 455 g/mol. The number of nitrogens with zero attached hydrogens (tertiary/aromatic N) is 3. The second kappa shape index (κ2) is 8.45. The Morgan fingerprint density at radius 1 is 1.12 bits per heavy atom. The molecule has 2 aromatic heterocycles. The number of halogens is 3. The number of aromatic amines is 1. The molecule has 2 heterocycles. The van der Waals surface area contributed by atoms with E-state index in [-0.39, 0.29) is 18.4 Å². The number of hydrogen-bond acceptors (Lipinski definition) is 3. The standard InChI is InChI=1S/C23H20F3N5O2/c1-14(32)30(2)13-22(33)29-21-11-27-20-8-3-15(9-19(20)21)16-10-28-31(12-16)18-6-4-17(5-7-18)23(24,25)26/h3-12,27H,13H2,1-2H3,(H,29,33). The van der Waals surface area contributed by atoms with Crippen molar-refractivity contribution >= 4 is 28.4 Å². The maximum absolute atomic E-state index is 12.8. The number of likely N-dealkylation sites (N-methyl/N-ethyl adjacent to an activating group) is 1. The molecule has 2 amide bonds. The molecule has 0 radical (unpaired) electrons. The number of aromatic nitrogens is 3. The topological polar surface area (TPSA) is 83.0 Å². The second-order valence-electron chi connectivity index (χ2n) is 7.60. The van der Waals surface area contributed by atoms with Gasteiger partial charge >= 0.3 is 6.18 Å². The minimum atomic E-state index is -4.39. The zero-order valence-corrected chi connectivity index (χ0v) is 17.8. The van der Waals surface area contributed by atoms with Gasteiger partial charge in [0.1, 0.15) is 0 Å². The third kappa shape index (κ3) is 4.74. The third-order valence-corrected chi connectivity index (χ3v) is 5.25. The third-order valence-electron chi connectivity index (χ3n) is 5.25. The van der Waals surface area contributed by atoms with Crippen LogP contribution in [0.1, 0.15) is 12.5 Å². The van der Waals surface area contributed by atoms with Gasteiger partial charge in [-0.15, -0.1) is 0 Å². The van der Waals surface area contributed by atoms with Crippen LogP contribution in [0.5, 0.6) is 0 Å². The maximum atomic E-state index is 12.8. The first-order chi connectivity index (χ1) is 15.6. The van der Waals surface area contributed by atoms with E-state index in [1.165, 1.54) is 28.6 Å². The Labute approximate surface area is 186 Å². The number of carbonyl (C=O) groups excluding carboxylic acids is 2. The van der Waals surface area contributed by atoms with Crippen molar-refractivity contribution < 1.29 is 22.8 Å². The summed E-state index contributed by atoms with van der Waals surface area (Å²) in [6, 6.07) is 10.4. The molecule has 7 nitrogen and oxygen atoms in total. The molecule has 0 spiro atoms. The van der Waals surface area contributed by atoms with E-state index in [4.69, 9.17) is 0 Å². The molecule has 2 N–H and O–H groups in total. The van der Waals surface area contributed by atoms with Crippen molar-refractivity contribution in [3.8, 4) is 16.8 Å². The van der Waals surface area contributed by atoms with Crippen molar-refractivity contribution in [2.75, 3.05) is 18.9 Å². The van der Waals surface area contributed by atoms with Crippen molar-refractivity contribution in [3.63, 3.8) is 0 Å². The predicted octanol–water partition coefficient (Wildman–Crippen LogP) is 4.46. The minimum absolute atomic E-state index is 0.0679. The molecule has 0 atom stereocenters. The van der Waals surface area contributed by atoms with Gasteiger partial charge in [0, 0.05) is 42.8 Å². The minimum Gasteiger partial charge on any atom is -0.359 e. The zero-order valence-electron chi connectivity index (χ0n) is 17.8. The monoisotopic (exact) mass is 455 g/mol. The summed E-state index contributed by atoms with van der Waals surface area (Å²) in [5, 5.41) is 7.84. The number of benzene rings is 2. The molecule has 0 bridgehead atoms. The van der Waals surface area contributed by atoms with Crippen LogP contribution in [0.4, 0.5) is 18.9 Å². The Kier molecular flexibility index (Phi) is 5.67. The highest BCUT2D eigenvalue weighted by Gasteiger charge is 2.30. The molecular weight excluding hydrogens is 435 g/mol. The molecule has 0 aliphatic heterocycles. The van der Waals surface area contributed by atoms with Gasteiger partial charge in [0.05, 0.1) is 29.7 Å². The van der Waals surface area contributed by atoms with Gasteiger partial charge < -0.3 is 15.2 Å². The smallest absolute Gasteiger partial charge is 0.359 e. The van der Waals surface area contributed by atoms with Gasteiger partial charge in [-0.2, -0.15) is 18.3 Å². The number of alkyl halides is 3. The van der Waals surface area contributed by atoms with Gasteiger partial charge in [-0.1, -0.05) is 6.07 Å². The Balaban J connectivity index is 1.57. The molecule has 0 unspecified atom stereocenters. The molecule has 33 heavy (non-hydrogen) atoms. The van der Waals surface area contributed by atoms with Gasteiger partial charge in [-0.3, -0.25) is 9.59 Å². The summed E-state index contributed by atoms with van der Waals surface area (Å²) in [6.45, 7) is 1.32. The largest absolute Gasteiger partial charge is 0.416 e. The normalized spacial score (nSPS) is 11.5. The molecule has 0 fully saturated rings. The van der Waals surface area contributed by atoms with Crippen molar-refractivity contribution in [3.05, 3.63) is 66.6 Å². The van der Waals surface area contributed by atoms with E-state index in [1.54, 1.807) is 25.6 Å². The Hall–Kier alpha value is -4.08. The van der Waals surface area contributed by atoms with Crippen LogP contribution in [-0.4, -0.2) is 45.1 Å². The van der Waals surface area contributed by atoms with Crippen molar-refractivity contribution in [1.29, 1.82) is 0 Å². The van der Waals surface area contributed by atoms with E-state index < -0.39 is 11.7 Å². The highest BCUT2D eigenvalue weighted by atomic mass is 19.4. The first-order valence-electron chi connectivity index (χ1n) is 9.97. The fourth-order valence-electron chi connectivity index (χ4n) is 3.34. The number of anilines is 1. The molecule has 4 aromatic rings. The number of H-pyrrole nitrogens is 1. The predicted molar refractivity (Wildman–Crippen MR) is 118 cm³/mol. The fourth-order valence-corrected chi connectivity index (χ4v) is 3.34. The first-order valence-corrected chi connectivity index (χ1v) is 9.97. The fraction of sp³-hybridized carbons (Fsp3) is 0.174. The van der Waals surface area contributed by atoms with Crippen LogP contribution in [0.3, 0.4) is 0 Å². The van der Waals surface area contributed by atoms with Gasteiger partial charge in [0.15, 0.2) is 0 Å². The molecule has 4 rings (SSSR count). The number of fused-ring (bicyclic) bond motifs is 1. The second-order valence-corrected chi connectivity index (χ2v) is 7.60. The van der Waals surface area contributed by atoms with E-state index in [0.717, 1.165) is 34.2 Å². The van der Waals surface area contributed by atoms with Crippen LogP contribution < -0.4 is 5.32 Å². The van der Waals surface area contributed by atoms with E-state index in [9.17, 15) is 22.8 Å². The first kappa shape index (κ1) is 22.1. The summed E-state index contributed by atoms with van der Waals surface area (Å²) < 4.78 is 39.9. The summed E-state index contributed by atoms with van der Waals surface area (Å²) in [5.41, 5.74) is 2.73. The molecule has 0 aliphatic rings. The lowest BCUT2D eigenvalue weighted by Gasteiger charge is -2.14. The quantitative estimate of drug-likeness (QED) is 0.466. The lowest BCUT2D eigenvalue weighted by molar-refractivity contribution is -0.137. The number of hydrogen-bond donors (Lipinski definition) is 2. The summed E-state index contributed by atoms with van der Waals surface area (Å²) in [6.07, 6.45) is 0.613. The maximum Gasteiger partial charge on any atom is 0.416 e. The van der Waals surface area contributed by atoms with E-state index in [0.29, 0.717) is 11.4 Å². The average Bonchev–Trinajstić information content (AvgIpc) is 3.40. The van der Waals surface area contributed by atoms with Crippen LogP contribution in [0.15, 0.2) is 61.1 Å². The van der Waals surface area contributed by atoms with Crippen molar-refractivity contribution in [2.24, 2.45) is 0 Å².